The zero-order chi connectivity index (χ0) is 9.19. The molecule has 0 fully saturated rings. The third-order valence-electron chi connectivity index (χ3n) is 1.18. The molecule has 1 heterocycles. The predicted octanol–water partition coefficient (Wildman–Crippen LogP) is 1.81. The van der Waals surface area contributed by atoms with Gasteiger partial charge in [-0.1, -0.05) is 0 Å². The maximum absolute atomic E-state index is 9.67. The van der Waals surface area contributed by atoms with Crippen molar-refractivity contribution in [2.24, 2.45) is 14.5 Å². The smallest absolute Gasteiger partial charge is 0.322 e. The Bertz CT molecular complexity index is 292. The summed E-state index contributed by atoms with van der Waals surface area (Å²) < 4.78 is 12.8. The molecule has 0 amide bonds. The van der Waals surface area contributed by atoms with Crippen molar-refractivity contribution in [1.82, 2.24) is 0 Å². The van der Waals surface area contributed by atoms with E-state index in [2.05, 4.69) is 14.5 Å². The van der Waals surface area contributed by atoms with Gasteiger partial charge in [-0.25, -0.2) is 4.99 Å². The third kappa shape index (κ3) is 2.24. The number of nitrogens with zero attached hydrogens (tertiary/aromatic N) is 3. The molecule has 12 heavy (non-hydrogen) atoms. The highest BCUT2D eigenvalue weighted by atomic mass is 31.2. The molecule has 0 aromatic heterocycles. The van der Waals surface area contributed by atoms with Crippen LogP contribution in [0, 0.1) is 0 Å². The van der Waals surface area contributed by atoms with E-state index in [0.717, 1.165) is 0 Å². The molecule has 1 N–H and O–H groups in total. The van der Waals surface area contributed by atoms with Gasteiger partial charge in [0.05, 0.1) is 6.61 Å². The second kappa shape index (κ2) is 3.47. The Hall–Kier alpha value is -0.510. The topological polar surface area (TPSA) is 66.5 Å². The average Bonchev–Trinajstić information content (AvgIpc) is 1.82. The van der Waals surface area contributed by atoms with Crippen molar-refractivity contribution in [1.29, 1.82) is 0 Å². The Kier molecular flexibility index (Phi) is 2.77. The molecule has 1 aliphatic rings. The highest BCUT2D eigenvalue weighted by Crippen LogP contribution is 2.49. The van der Waals surface area contributed by atoms with Gasteiger partial charge in [0.25, 0.3) is 0 Å². The molecule has 1 atom stereocenters. The Balaban J connectivity index is 3.00. The van der Waals surface area contributed by atoms with Crippen molar-refractivity contribution in [3.63, 3.8) is 0 Å². The number of hydrogen-bond acceptors (Lipinski definition) is 4. The van der Waals surface area contributed by atoms with Gasteiger partial charge in [0.15, 0.2) is 0 Å². The molecule has 0 saturated carbocycles. The molecule has 1 rings (SSSR count). The Morgan fingerprint density at radius 3 is 2.58 bits per heavy atom. The predicted molar refractivity (Wildman–Crippen MR) is 49.4 cm³/mol. The highest BCUT2D eigenvalue weighted by Gasteiger charge is 2.18. The van der Waals surface area contributed by atoms with Crippen molar-refractivity contribution < 1.29 is 9.42 Å². The van der Waals surface area contributed by atoms with E-state index in [1.54, 1.807) is 20.8 Å². The van der Waals surface area contributed by atoms with Gasteiger partial charge >= 0.3 is 7.66 Å². The zero-order valence-electron chi connectivity index (χ0n) is 7.35. The normalized spacial score (nSPS) is 29.0. The first kappa shape index (κ1) is 9.58. The summed E-state index contributed by atoms with van der Waals surface area (Å²) in [5.41, 5.74) is 0. The summed E-state index contributed by atoms with van der Waals surface area (Å²) >= 11 is 0. The molecule has 6 heteroatoms. The molecule has 0 saturated heterocycles. The number of aliphatic imine (C=N–C) groups is 1. The van der Waals surface area contributed by atoms with E-state index in [0.29, 0.717) is 18.3 Å². The van der Waals surface area contributed by atoms with Crippen LogP contribution in [-0.2, 0) is 4.52 Å². The monoisotopic (exact) mass is 189 g/mol. The Morgan fingerprint density at radius 1 is 1.42 bits per heavy atom. The second-order valence-electron chi connectivity index (χ2n) is 2.34. The summed E-state index contributed by atoms with van der Waals surface area (Å²) in [6, 6.07) is 0. The Labute approximate surface area is 71.5 Å². The van der Waals surface area contributed by atoms with Gasteiger partial charge in [0, 0.05) is 0 Å². The first-order chi connectivity index (χ1) is 5.56. The van der Waals surface area contributed by atoms with E-state index in [4.69, 9.17) is 4.52 Å². The minimum absolute atomic E-state index is 0.401. The molecule has 0 radical (unpaired) electrons. The van der Waals surface area contributed by atoms with Crippen molar-refractivity contribution in [3.05, 3.63) is 0 Å². The van der Waals surface area contributed by atoms with E-state index in [-0.39, 0.29) is 0 Å². The highest BCUT2D eigenvalue weighted by molar-refractivity contribution is 7.54. The third-order valence-corrected chi connectivity index (χ3v) is 2.88. The molecular formula is C6H12N3O2P. The summed E-state index contributed by atoms with van der Waals surface area (Å²) in [4.78, 5) is 13.6. The Morgan fingerprint density at radius 2 is 2.08 bits per heavy atom. The van der Waals surface area contributed by atoms with Gasteiger partial charge in [-0.3, -0.25) is 0 Å². The second-order valence-corrected chi connectivity index (χ2v) is 4.02. The van der Waals surface area contributed by atoms with Crippen molar-refractivity contribution in [3.8, 4) is 0 Å². The lowest BCUT2D eigenvalue weighted by molar-refractivity contribution is 0.320. The minimum atomic E-state index is -2.89. The maximum Gasteiger partial charge on any atom is 0.341 e. The van der Waals surface area contributed by atoms with Crippen LogP contribution in [0.3, 0.4) is 0 Å². The van der Waals surface area contributed by atoms with E-state index in [9.17, 15) is 4.89 Å². The van der Waals surface area contributed by atoms with E-state index in [1.807, 2.05) is 0 Å². The number of rotatable bonds is 2. The summed E-state index contributed by atoms with van der Waals surface area (Å²) in [5.74, 6) is 1.04. The van der Waals surface area contributed by atoms with E-state index in [1.165, 1.54) is 0 Å². The van der Waals surface area contributed by atoms with Crippen LogP contribution in [0.1, 0.15) is 20.8 Å². The fourth-order valence-electron chi connectivity index (χ4n) is 0.909. The molecule has 1 aliphatic heterocycles. The molecule has 68 valence electrons. The first-order valence-corrected chi connectivity index (χ1v) is 5.24. The van der Waals surface area contributed by atoms with Crippen LogP contribution in [0.25, 0.3) is 0 Å². The zero-order valence-corrected chi connectivity index (χ0v) is 8.25. The summed E-state index contributed by atoms with van der Waals surface area (Å²) in [7, 11) is -2.89. The van der Waals surface area contributed by atoms with Crippen LogP contribution < -0.4 is 0 Å². The van der Waals surface area contributed by atoms with Crippen molar-refractivity contribution in [2.45, 2.75) is 20.8 Å². The lowest BCUT2D eigenvalue weighted by Crippen LogP contribution is -2.01. The largest absolute Gasteiger partial charge is 0.341 e. The number of amidine groups is 2. The van der Waals surface area contributed by atoms with Gasteiger partial charge in [-0.15, -0.1) is 0 Å². The molecule has 1 unspecified atom stereocenters. The van der Waals surface area contributed by atoms with Crippen molar-refractivity contribution in [2.75, 3.05) is 6.61 Å². The summed E-state index contributed by atoms with van der Waals surface area (Å²) in [6.07, 6.45) is 0. The fraction of sp³-hybridized carbons (Fsp3) is 0.667. The van der Waals surface area contributed by atoms with Crippen LogP contribution in [0.2, 0.25) is 0 Å². The molecule has 0 aliphatic carbocycles. The van der Waals surface area contributed by atoms with E-state index >= 15 is 0 Å². The molecule has 0 aromatic rings. The summed E-state index contributed by atoms with van der Waals surface area (Å²) in [5, 5.41) is 0. The quantitative estimate of drug-likeness (QED) is 0.673. The van der Waals surface area contributed by atoms with Crippen LogP contribution in [-0.4, -0.2) is 23.2 Å². The number of hydrogen-bond donors (Lipinski definition) is 1. The van der Waals surface area contributed by atoms with Gasteiger partial charge in [0.1, 0.15) is 11.7 Å². The van der Waals surface area contributed by atoms with Crippen LogP contribution in [0.4, 0.5) is 0 Å². The van der Waals surface area contributed by atoms with Crippen LogP contribution in [0.15, 0.2) is 14.5 Å². The molecule has 0 bridgehead atoms. The first-order valence-electron chi connectivity index (χ1n) is 3.67. The molecule has 5 nitrogen and oxygen atoms in total. The SMILES string of the molecule is CCOP1(O)=NC(C)=NC(C)=N1. The maximum atomic E-state index is 9.67. The van der Waals surface area contributed by atoms with E-state index < -0.39 is 7.66 Å². The van der Waals surface area contributed by atoms with Crippen molar-refractivity contribution >= 4 is 19.3 Å². The fourth-order valence-corrected chi connectivity index (χ4v) is 2.26. The standard InChI is InChI=1S/C6H12N3O2P/c1-4-11-12(10)8-5(2)7-6(3)9-12/h10H,4H2,1-3H3. The lowest BCUT2D eigenvalue weighted by Gasteiger charge is -2.14. The lowest BCUT2D eigenvalue weighted by atomic mass is 10.6. The average molecular weight is 189 g/mol. The molecular weight excluding hydrogens is 177 g/mol. The van der Waals surface area contributed by atoms with Gasteiger partial charge in [-0.2, -0.15) is 9.51 Å². The summed E-state index contributed by atoms with van der Waals surface area (Å²) in [6.45, 7) is 5.61. The van der Waals surface area contributed by atoms with Gasteiger partial charge in [-0.05, 0) is 20.8 Å². The minimum Gasteiger partial charge on any atom is -0.322 e. The van der Waals surface area contributed by atoms with Gasteiger partial charge < -0.3 is 9.42 Å². The molecule has 0 spiro atoms. The van der Waals surface area contributed by atoms with Crippen LogP contribution in [0.5, 0.6) is 0 Å². The van der Waals surface area contributed by atoms with Gasteiger partial charge in [0.2, 0.25) is 0 Å². The molecule has 0 aromatic carbocycles. The van der Waals surface area contributed by atoms with Crippen LogP contribution >= 0.6 is 7.66 Å².